The third-order valence-corrected chi connectivity index (χ3v) is 3.91. The first kappa shape index (κ1) is 11.8. The molecule has 0 bridgehead atoms. The predicted molar refractivity (Wildman–Crippen MR) is 75.4 cm³/mol. The summed E-state index contributed by atoms with van der Waals surface area (Å²) in [5.41, 5.74) is 2.88. The molecular weight excluding hydrogens is 294 g/mol. The summed E-state index contributed by atoms with van der Waals surface area (Å²) in [5.74, 6) is 0. The fraction of sp³-hybridized carbons (Fsp3) is 0.333. The minimum Gasteiger partial charge on any atom is -0.346 e. The minimum absolute atomic E-state index is 0.162. The van der Waals surface area contributed by atoms with Crippen molar-refractivity contribution in [2.24, 2.45) is 0 Å². The zero-order chi connectivity index (χ0) is 12.5. The van der Waals surface area contributed by atoms with Gasteiger partial charge in [-0.15, -0.1) is 0 Å². The van der Waals surface area contributed by atoms with E-state index in [0.29, 0.717) is 0 Å². The molecule has 1 aliphatic rings. The van der Waals surface area contributed by atoms with Gasteiger partial charge in [0.05, 0.1) is 15.7 Å². The van der Waals surface area contributed by atoms with Crippen LogP contribution in [0.3, 0.4) is 0 Å². The first-order valence-electron chi connectivity index (χ1n) is 5.86. The molecule has 0 amide bonds. The summed E-state index contributed by atoms with van der Waals surface area (Å²) < 4.78 is 0.978. The number of nitrogens with zero attached hydrogens (tertiary/aromatic N) is 3. The number of hydrogen-bond acceptors (Lipinski definition) is 5. The summed E-state index contributed by atoms with van der Waals surface area (Å²) in [5, 5.41) is 6.78. The first-order valence-corrected chi connectivity index (χ1v) is 6.65. The molecule has 6 heteroatoms. The van der Waals surface area contributed by atoms with Crippen molar-refractivity contribution in [1.82, 2.24) is 20.6 Å². The Kier molecular flexibility index (Phi) is 3.15. The van der Waals surface area contributed by atoms with Crippen LogP contribution in [0.2, 0.25) is 0 Å². The average molecular weight is 308 g/mol. The zero-order valence-electron chi connectivity index (χ0n) is 10.0. The molecule has 0 atom stereocenters. The standard InChI is InChI=1S/C12H14BrN5/c1-18(12-16-6-7-17-12)9-3-2-8-11(10(9)13)15-5-4-14-8/h2-5,12,16-17H,6-7H2,1H3. The Balaban J connectivity index is 2.03. The lowest BCUT2D eigenvalue weighted by Crippen LogP contribution is -2.46. The summed E-state index contributed by atoms with van der Waals surface area (Å²) in [6.45, 7) is 1.97. The van der Waals surface area contributed by atoms with Crippen LogP contribution in [0.15, 0.2) is 29.0 Å². The molecule has 1 fully saturated rings. The highest BCUT2D eigenvalue weighted by Gasteiger charge is 2.20. The molecule has 2 heterocycles. The topological polar surface area (TPSA) is 53.1 Å². The van der Waals surface area contributed by atoms with E-state index in [0.717, 1.165) is 34.3 Å². The maximum atomic E-state index is 4.37. The molecule has 2 N–H and O–H groups in total. The van der Waals surface area contributed by atoms with E-state index >= 15 is 0 Å². The maximum absolute atomic E-state index is 4.37. The van der Waals surface area contributed by atoms with Crippen LogP contribution in [0.4, 0.5) is 5.69 Å². The summed E-state index contributed by atoms with van der Waals surface area (Å²) in [6.07, 6.45) is 3.58. The number of rotatable bonds is 2. The number of hydrogen-bond donors (Lipinski definition) is 2. The van der Waals surface area contributed by atoms with Crippen LogP contribution >= 0.6 is 15.9 Å². The average Bonchev–Trinajstić information content (AvgIpc) is 2.93. The van der Waals surface area contributed by atoms with Crippen LogP contribution in [-0.2, 0) is 0 Å². The van der Waals surface area contributed by atoms with Gasteiger partial charge in [0.2, 0.25) is 0 Å². The Morgan fingerprint density at radius 1 is 1.22 bits per heavy atom. The minimum atomic E-state index is 0.162. The lowest BCUT2D eigenvalue weighted by atomic mass is 10.2. The van der Waals surface area contributed by atoms with Gasteiger partial charge in [0.15, 0.2) is 0 Å². The second-order valence-electron chi connectivity index (χ2n) is 4.24. The van der Waals surface area contributed by atoms with Crippen molar-refractivity contribution < 1.29 is 0 Å². The molecule has 94 valence electrons. The van der Waals surface area contributed by atoms with Gasteiger partial charge in [-0.1, -0.05) is 0 Å². The largest absolute Gasteiger partial charge is 0.346 e. The molecule has 1 saturated heterocycles. The van der Waals surface area contributed by atoms with Crippen LogP contribution in [0, 0.1) is 0 Å². The van der Waals surface area contributed by atoms with Gasteiger partial charge in [-0.05, 0) is 28.1 Å². The highest BCUT2D eigenvalue weighted by atomic mass is 79.9. The zero-order valence-corrected chi connectivity index (χ0v) is 11.6. The molecule has 0 unspecified atom stereocenters. The second-order valence-corrected chi connectivity index (χ2v) is 5.04. The molecule has 3 rings (SSSR count). The van der Waals surface area contributed by atoms with Crippen LogP contribution in [0.1, 0.15) is 0 Å². The number of fused-ring (bicyclic) bond motifs is 1. The molecule has 1 aromatic carbocycles. The Morgan fingerprint density at radius 2 is 1.94 bits per heavy atom. The number of aromatic nitrogens is 2. The lowest BCUT2D eigenvalue weighted by Gasteiger charge is -2.27. The van der Waals surface area contributed by atoms with Crippen molar-refractivity contribution >= 4 is 32.7 Å². The van der Waals surface area contributed by atoms with Crippen LogP contribution in [0.5, 0.6) is 0 Å². The SMILES string of the molecule is CN(c1ccc2nccnc2c1Br)C1NCCN1. The summed E-state index contributed by atoms with van der Waals surface area (Å²) in [7, 11) is 2.05. The van der Waals surface area contributed by atoms with Crippen molar-refractivity contribution in [1.29, 1.82) is 0 Å². The quantitative estimate of drug-likeness (QED) is 0.876. The van der Waals surface area contributed by atoms with Gasteiger partial charge in [-0.2, -0.15) is 0 Å². The highest BCUT2D eigenvalue weighted by molar-refractivity contribution is 9.10. The van der Waals surface area contributed by atoms with E-state index in [1.54, 1.807) is 12.4 Å². The number of benzene rings is 1. The molecule has 2 aromatic rings. The van der Waals surface area contributed by atoms with Crippen molar-refractivity contribution in [2.75, 3.05) is 25.0 Å². The normalized spacial score (nSPS) is 16.3. The summed E-state index contributed by atoms with van der Waals surface area (Å²) >= 11 is 3.63. The number of anilines is 1. The van der Waals surface area contributed by atoms with E-state index in [1.165, 1.54) is 0 Å². The van der Waals surface area contributed by atoms with Gasteiger partial charge in [-0.25, -0.2) is 0 Å². The lowest BCUT2D eigenvalue weighted by molar-refractivity contribution is 0.544. The Hall–Kier alpha value is -1.24. The predicted octanol–water partition coefficient (Wildman–Crippen LogP) is 1.30. The van der Waals surface area contributed by atoms with Gasteiger partial charge < -0.3 is 4.90 Å². The van der Waals surface area contributed by atoms with Crippen molar-refractivity contribution in [3.05, 3.63) is 29.0 Å². The molecular formula is C12H14BrN5. The third-order valence-electron chi connectivity index (χ3n) is 3.13. The highest BCUT2D eigenvalue weighted by Crippen LogP contribution is 2.31. The van der Waals surface area contributed by atoms with Gasteiger partial charge in [0, 0.05) is 32.5 Å². The molecule has 0 saturated carbocycles. The number of halogens is 1. The smallest absolute Gasteiger partial charge is 0.134 e. The van der Waals surface area contributed by atoms with Crippen molar-refractivity contribution in [3.8, 4) is 0 Å². The van der Waals surface area contributed by atoms with Crippen LogP contribution < -0.4 is 15.5 Å². The van der Waals surface area contributed by atoms with E-state index < -0.39 is 0 Å². The van der Waals surface area contributed by atoms with E-state index in [-0.39, 0.29) is 6.29 Å². The van der Waals surface area contributed by atoms with E-state index in [9.17, 15) is 0 Å². The molecule has 1 aromatic heterocycles. The van der Waals surface area contributed by atoms with Crippen molar-refractivity contribution in [2.45, 2.75) is 6.29 Å². The fourth-order valence-electron chi connectivity index (χ4n) is 2.17. The fourth-order valence-corrected chi connectivity index (χ4v) is 2.88. The third kappa shape index (κ3) is 1.96. The van der Waals surface area contributed by atoms with Gasteiger partial charge in [0.1, 0.15) is 11.8 Å². The van der Waals surface area contributed by atoms with Crippen molar-refractivity contribution in [3.63, 3.8) is 0 Å². The first-order chi connectivity index (χ1) is 8.77. The van der Waals surface area contributed by atoms with Crippen LogP contribution in [0.25, 0.3) is 11.0 Å². The Morgan fingerprint density at radius 3 is 2.72 bits per heavy atom. The van der Waals surface area contributed by atoms with Crippen LogP contribution in [-0.4, -0.2) is 36.4 Å². The molecule has 18 heavy (non-hydrogen) atoms. The number of nitrogens with one attached hydrogen (secondary N) is 2. The molecule has 0 aliphatic carbocycles. The van der Waals surface area contributed by atoms with E-state index in [4.69, 9.17) is 0 Å². The molecule has 5 nitrogen and oxygen atoms in total. The maximum Gasteiger partial charge on any atom is 0.134 e. The Bertz CT molecular complexity index is 567. The van der Waals surface area contributed by atoms with Gasteiger partial charge >= 0.3 is 0 Å². The van der Waals surface area contributed by atoms with E-state index in [1.807, 2.05) is 6.07 Å². The summed E-state index contributed by atoms with van der Waals surface area (Å²) in [6, 6.07) is 4.05. The monoisotopic (exact) mass is 307 g/mol. The second kappa shape index (κ2) is 4.79. The summed E-state index contributed by atoms with van der Waals surface area (Å²) in [4.78, 5) is 10.8. The van der Waals surface area contributed by atoms with E-state index in [2.05, 4.69) is 54.5 Å². The Labute approximate surface area is 114 Å². The molecule has 0 spiro atoms. The van der Waals surface area contributed by atoms with Gasteiger partial charge in [0.25, 0.3) is 0 Å². The molecule has 0 radical (unpaired) electrons. The van der Waals surface area contributed by atoms with Gasteiger partial charge in [-0.3, -0.25) is 20.6 Å². The molecule has 1 aliphatic heterocycles.